The summed E-state index contributed by atoms with van der Waals surface area (Å²) in [5.41, 5.74) is 11.6. The summed E-state index contributed by atoms with van der Waals surface area (Å²) >= 11 is 0. The van der Waals surface area contributed by atoms with E-state index in [0.717, 1.165) is 30.4 Å². The Morgan fingerprint density at radius 3 is 1.50 bits per heavy atom. The number of nitrogens with two attached hydrogens (primary N) is 2. The summed E-state index contributed by atoms with van der Waals surface area (Å²) in [6.07, 6.45) is 2.75. The molecule has 72 heavy (non-hydrogen) atoms. The number of carboxylic acid groups (broad SMARTS) is 1. The summed E-state index contributed by atoms with van der Waals surface area (Å²) in [6.45, 7) is 17.7. The number of amides is 3. The zero-order valence-electron chi connectivity index (χ0n) is 42.5. The second-order valence-corrected chi connectivity index (χ2v) is 19.8. The Kier molecular flexibility index (Phi) is 20.5. The lowest BCUT2D eigenvalue weighted by Crippen LogP contribution is -2.43. The van der Waals surface area contributed by atoms with E-state index in [0.29, 0.717) is 56.2 Å². The lowest BCUT2D eigenvalue weighted by molar-refractivity contribution is -0.148. The van der Waals surface area contributed by atoms with Crippen LogP contribution in [-0.2, 0) is 28.6 Å². The SMILES string of the molecule is CC(C)(C)OC(=O)N1CCC[C@H]1C(=O)O.CC(C)(C)OC(=O)N1CCC[C@H]1C(=O)O/N=C(\N)c1ccccc1.CC(C)(C)OC(=O)N1CCC[C@H]1c1nc(-c2ccccc2)no1.N/C(=N\O)c1ccccc1. The van der Waals surface area contributed by atoms with Gasteiger partial charge in [-0.2, -0.15) is 4.98 Å². The van der Waals surface area contributed by atoms with Gasteiger partial charge in [-0.1, -0.05) is 106 Å². The smallest absolute Gasteiger partial charge is 0.411 e. The lowest BCUT2D eigenvalue weighted by atomic mass is 10.2. The van der Waals surface area contributed by atoms with Crippen molar-refractivity contribution in [2.24, 2.45) is 21.8 Å². The van der Waals surface area contributed by atoms with E-state index >= 15 is 0 Å². The summed E-state index contributed by atoms with van der Waals surface area (Å²) in [7, 11) is 0. The minimum atomic E-state index is -0.960. The molecule has 4 heterocycles. The Balaban J connectivity index is 0.000000218. The quantitative estimate of drug-likeness (QED) is 0.0338. The summed E-state index contributed by atoms with van der Waals surface area (Å²) in [4.78, 5) is 72.9. The van der Waals surface area contributed by atoms with E-state index < -0.39 is 53.0 Å². The molecule has 390 valence electrons. The number of nitrogens with zero attached hydrogens (tertiary/aromatic N) is 7. The van der Waals surface area contributed by atoms with Crippen LogP contribution in [0.5, 0.6) is 0 Å². The van der Waals surface area contributed by atoms with Gasteiger partial charge in [0.1, 0.15) is 34.9 Å². The molecule has 4 aromatic rings. The summed E-state index contributed by atoms with van der Waals surface area (Å²) in [5.74, 6) is -0.328. The molecular weight excluding hydrogens is 931 g/mol. The van der Waals surface area contributed by atoms with Crippen molar-refractivity contribution >= 4 is 41.9 Å². The number of oxime groups is 2. The molecule has 0 unspecified atom stereocenters. The summed E-state index contributed by atoms with van der Waals surface area (Å²) < 4.78 is 21.3. The van der Waals surface area contributed by atoms with E-state index in [1.807, 2.05) is 75.4 Å². The average molecular weight is 1000 g/mol. The highest BCUT2D eigenvalue weighted by atomic mass is 16.7. The Bertz CT molecular complexity index is 2450. The molecule has 6 N–H and O–H groups in total. The maximum absolute atomic E-state index is 12.3. The number of likely N-dealkylation sites (tertiary alicyclic amines) is 3. The lowest BCUT2D eigenvalue weighted by Gasteiger charge is -2.27. The number of hydrogen-bond acceptors (Lipinski definition) is 15. The van der Waals surface area contributed by atoms with Crippen LogP contribution in [0.4, 0.5) is 14.4 Å². The molecule has 0 bridgehead atoms. The molecule has 3 amide bonds. The van der Waals surface area contributed by atoms with E-state index in [-0.39, 0.29) is 23.8 Å². The van der Waals surface area contributed by atoms with Crippen LogP contribution in [-0.4, -0.2) is 126 Å². The Morgan fingerprint density at radius 1 is 0.611 bits per heavy atom. The number of carbonyl (C=O) groups excluding carboxylic acids is 4. The number of amidine groups is 2. The fourth-order valence-corrected chi connectivity index (χ4v) is 7.23. The van der Waals surface area contributed by atoms with E-state index in [2.05, 4.69) is 20.5 Å². The van der Waals surface area contributed by atoms with Crippen LogP contribution in [0.15, 0.2) is 106 Å². The van der Waals surface area contributed by atoms with Crippen LogP contribution in [0.2, 0.25) is 0 Å². The molecule has 3 aliphatic heterocycles. The normalized spacial score (nSPS) is 18.0. The topological polar surface area (TPSA) is 288 Å². The Hall–Kier alpha value is -7.71. The third kappa shape index (κ3) is 18.2. The third-order valence-corrected chi connectivity index (χ3v) is 10.4. The summed E-state index contributed by atoms with van der Waals surface area (Å²) in [5, 5.41) is 27.7. The molecule has 21 nitrogen and oxygen atoms in total. The van der Waals surface area contributed by atoms with Crippen molar-refractivity contribution in [1.82, 2.24) is 24.8 Å². The number of rotatable bonds is 7. The number of carboxylic acids is 1. The molecule has 7 rings (SSSR count). The fourth-order valence-electron chi connectivity index (χ4n) is 7.23. The number of ether oxygens (including phenoxy) is 3. The summed E-state index contributed by atoms with van der Waals surface area (Å²) in [6, 6.07) is 26.0. The van der Waals surface area contributed by atoms with Crippen LogP contribution in [0.1, 0.15) is 124 Å². The predicted octanol–water partition coefficient (Wildman–Crippen LogP) is 8.31. The molecule has 0 saturated carbocycles. The van der Waals surface area contributed by atoms with E-state index in [1.54, 1.807) is 82.8 Å². The molecule has 3 aromatic carbocycles. The molecule has 0 radical (unpaired) electrons. The standard InChI is InChI=1S/C17H23N3O4.C17H21N3O3.C10H17NO4.C7H8N2O/c1-17(2,3)23-16(22)20-11-7-10-13(20)15(21)24-19-14(18)12-8-5-4-6-9-12;1-17(2,3)22-16(21)20-11-7-10-13(20)15-18-14(19-23-15)12-8-5-4-6-9-12;1-10(2,3)15-9(14)11-6-4-5-7(11)8(12)13;8-7(9-10)6-4-2-1-3-5-6/h4-6,8-9,13H,7,10-11H2,1-3H3,(H2,18,19);4-6,8-9,13H,7,10-11H2,1-3H3;7H,4-6H2,1-3H3,(H,12,13);1-5,10H,(H2,8,9)/t2*13-;7-;/m000./s1. The van der Waals surface area contributed by atoms with Gasteiger partial charge in [0, 0.05) is 36.3 Å². The van der Waals surface area contributed by atoms with Crippen LogP contribution < -0.4 is 11.5 Å². The number of carbonyl (C=O) groups is 5. The Morgan fingerprint density at radius 2 is 1.03 bits per heavy atom. The van der Waals surface area contributed by atoms with Crippen molar-refractivity contribution < 1.29 is 57.9 Å². The van der Waals surface area contributed by atoms with Crippen LogP contribution >= 0.6 is 0 Å². The first-order valence-electron chi connectivity index (χ1n) is 23.6. The molecule has 0 spiro atoms. The number of hydrogen-bond donors (Lipinski definition) is 4. The highest BCUT2D eigenvalue weighted by Gasteiger charge is 2.39. The molecular formula is C51H69N9O12. The number of benzene rings is 3. The van der Waals surface area contributed by atoms with Gasteiger partial charge in [-0.3, -0.25) is 14.7 Å². The zero-order valence-corrected chi connectivity index (χ0v) is 42.5. The van der Waals surface area contributed by atoms with Crippen molar-refractivity contribution in [3.63, 3.8) is 0 Å². The first-order chi connectivity index (χ1) is 33.9. The van der Waals surface area contributed by atoms with E-state index in [9.17, 15) is 24.0 Å². The molecule has 0 aliphatic carbocycles. The highest BCUT2D eigenvalue weighted by molar-refractivity contribution is 5.97. The van der Waals surface area contributed by atoms with Gasteiger partial charge in [0.15, 0.2) is 11.7 Å². The van der Waals surface area contributed by atoms with E-state index in [1.165, 1.54) is 9.80 Å². The predicted molar refractivity (Wildman–Crippen MR) is 266 cm³/mol. The second kappa shape index (κ2) is 25.9. The van der Waals surface area contributed by atoms with Crippen LogP contribution in [0.3, 0.4) is 0 Å². The molecule has 3 atom stereocenters. The third-order valence-electron chi connectivity index (χ3n) is 10.4. The minimum Gasteiger partial charge on any atom is -0.480 e. The van der Waals surface area contributed by atoms with Gasteiger partial charge in [-0.25, -0.2) is 24.0 Å². The molecule has 21 heteroatoms. The number of aromatic nitrogens is 2. The van der Waals surface area contributed by atoms with Gasteiger partial charge in [-0.15, -0.1) is 0 Å². The maximum Gasteiger partial charge on any atom is 0.411 e. The molecule has 3 saturated heterocycles. The average Bonchev–Trinajstić information content (AvgIpc) is 4.18. The van der Waals surface area contributed by atoms with Crippen molar-refractivity contribution in [2.45, 2.75) is 136 Å². The van der Waals surface area contributed by atoms with Gasteiger partial charge in [0.2, 0.25) is 11.7 Å². The van der Waals surface area contributed by atoms with Gasteiger partial charge < -0.3 is 45.4 Å². The highest BCUT2D eigenvalue weighted by Crippen LogP contribution is 2.33. The van der Waals surface area contributed by atoms with Crippen molar-refractivity contribution in [3.8, 4) is 11.4 Å². The monoisotopic (exact) mass is 1000 g/mol. The van der Waals surface area contributed by atoms with Gasteiger partial charge in [0.05, 0.1) is 0 Å². The van der Waals surface area contributed by atoms with Gasteiger partial charge in [-0.05, 0) is 101 Å². The minimum absolute atomic E-state index is 0.103. The molecule has 3 aliphatic rings. The largest absolute Gasteiger partial charge is 0.480 e. The number of aliphatic carboxylic acids is 1. The molecule has 3 fully saturated rings. The van der Waals surface area contributed by atoms with Gasteiger partial charge in [0.25, 0.3) is 0 Å². The second-order valence-electron chi connectivity index (χ2n) is 19.8. The van der Waals surface area contributed by atoms with Crippen LogP contribution in [0.25, 0.3) is 11.4 Å². The zero-order chi connectivity index (χ0) is 53.2. The molecule has 1 aromatic heterocycles. The van der Waals surface area contributed by atoms with Gasteiger partial charge >= 0.3 is 30.2 Å². The Labute approximate surface area is 420 Å². The van der Waals surface area contributed by atoms with Crippen molar-refractivity contribution in [1.29, 1.82) is 0 Å². The first kappa shape index (κ1) is 56.9. The fraction of sp³-hybridized carbons (Fsp3) is 0.471. The maximum atomic E-state index is 12.3. The van der Waals surface area contributed by atoms with Crippen LogP contribution in [0, 0.1) is 0 Å². The first-order valence-corrected chi connectivity index (χ1v) is 23.6. The van der Waals surface area contributed by atoms with Crippen molar-refractivity contribution in [2.75, 3.05) is 19.6 Å². The van der Waals surface area contributed by atoms with Crippen molar-refractivity contribution in [3.05, 3.63) is 108 Å². The van der Waals surface area contributed by atoms with E-state index in [4.69, 9.17) is 45.4 Å².